The quantitative estimate of drug-likeness (QED) is 0.652. The predicted octanol–water partition coefficient (Wildman–Crippen LogP) is 1.35. The molecule has 1 fully saturated rings. The molecule has 2 N–H and O–H groups in total. The molecule has 1 aliphatic heterocycles. The van der Waals surface area contributed by atoms with Gasteiger partial charge in [-0.1, -0.05) is 6.07 Å². The number of hydrogen-bond acceptors (Lipinski definition) is 3. The van der Waals surface area contributed by atoms with Crippen LogP contribution in [0.25, 0.3) is 0 Å². The van der Waals surface area contributed by atoms with Crippen LogP contribution in [0, 0.1) is 11.3 Å². The highest BCUT2D eigenvalue weighted by Gasteiger charge is 2.17. The Bertz CT molecular complexity index is 361. The summed E-state index contributed by atoms with van der Waals surface area (Å²) in [5.41, 5.74) is 8.03. The summed E-state index contributed by atoms with van der Waals surface area (Å²) in [7, 11) is 0. The van der Waals surface area contributed by atoms with E-state index >= 15 is 0 Å². The maximum Gasteiger partial charge on any atom is 0.101 e. The third-order valence-corrected chi connectivity index (χ3v) is 2.40. The van der Waals surface area contributed by atoms with Crippen molar-refractivity contribution in [3.8, 4) is 6.07 Å². The van der Waals surface area contributed by atoms with E-state index in [2.05, 4.69) is 11.0 Å². The van der Waals surface area contributed by atoms with Crippen LogP contribution in [0.4, 0.5) is 11.4 Å². The van der Waals surface area contributed by atoms with Gasteiger partial charge >= 0.3 is 0 Å². The molecule has 2 rings (SSSR count). The summed E-state index contributed by atoms with van der Waals surface area (Å²) in [6.07, 6.45) is 1.22. The number of anilines is 2. The molecule has 0 atom stereocenters. The second-order valence-corrected chi connectivity index (χ2v) is 3.19. The highest BCUT2D eigenvalue weighted by atomic mass is 15.2. The van der Waals surface area contributed by atoms with Gasteiger partial charge in [0.15, 0.2) is 0 Å². The van der Waals surface area contributed by atoms with Crippen LogP contribution >= 0.6 is 0 Å². The molecule has 0 saturated carbocycles. The number of hydrogen-bond donors (Lipinski definition) is 1. The van der Waals surface area contributed by atoms with E-state index in [0.29, 0.717) is 11.3 Å². The van der Waals surface area contributed by atoms with Gasteiger partial charge in [-0.2, -0.15) is 5.26 Å². The summed E-state index contributed by atoms with van der Waals surface area (Å²) in [6.45, 7) is 2.11. The van der Waals surface area contributed by atoms with Gasteiger partial charge < -0.3 is 10.6 Å². The van der Waals surface area contributed by atoms with Crippen molar-refractivity contribution in [2.45, 2.75) is 6.42 Å². The van der Waals surface area contributed by atoms with Crippen LogP contribution in [0.15, 0.2) is 18.2 Å². The van der Waals surface area contributed by atoms with Crippen molar-refractivity contribution >= 4 is 11.4 Å². The maximum absolute atomic E-state index is 8.77. The summed E-state index contributed by atoms with van der Waals surface area (Å²) >= 11 is 0. The Morgan fingerprint density at radius 3 is 2.69 bits per heavy atom. The standard InChI is InChI=1S/C10H11N3/c11-7-8-3-1-4-9(10(8)12)13-5-2-6-13/h1,3-4H,2,5-6,12H2. The largest absolute Gasteiger partial charge is 0.396 e. The van der Waals surface area contributed by atoms with Gasteiger partial charge in [0.2, 0.25) is 0 Å². The normalized spacial score (nSPS) is 14.8. The minimum atomic E-state index is 0.574. The van der Waals surface area contributed by atoms with Gasteiger partial charge in [-0.05, 0) is 18.6 Å². The number of benzene rings is 1. The van der Waals surface area contributed by atoms with Gasteiger partial charge in [0.1, 0.15) is 6.07 Å². The molecule has 0 unspecified atom stereocenters. The first-order chi connectivity index (χ1) is 6.33. The van der Waals surface area contributed by atoms with Gasteiger partial charge in [-0.15, -0.1) is 0 Å². The molecule has 1 heterocycles. The Morgan fingerprint density at radius 1 is 1.38 bits per heavy atom. The Morgan fingerprint density at radius 2 is 2.15 bits per heavy atom. The maximum atomic E-state index is 8.77. The topological polar surface area (TPSA) is 53.0 Å². The van der Waals surface area contributed by atoms with Crippen LogP contribution in [0.1, 0.15) is 12.0 Å². The average molecular weight is 173 g/mol. The van der Waals surface area contributed by atoms with Crippen molar-refractivity contribution in [1.82, 2.24) is 0 Å². The molecule has 1 aromatic rings. The van der Waals surface area contributed by atoms with Crippen molar-refractivity contribution in [3.05, 3.63) is 23.8 Å². The summed E-state index contributed by atoms with van der Waals surface area (Å²) in [5, 5.41) is 8.77. The number of nitrogens with two attached hydrogens (primary N) is 1. The first-order valence-corrected chi connectivity index (χ1v) is 4.36. The molecule has 0 bridgehead atoms. The van der Waals surface area contributed by atoms with E-state index in [9.17, 15) is 0 Å². The Hall–Kier alpha value is -1.69. The highest BCUT2D eigenvalue weighted by molar-refractivity contribution is 5.74. The molecule has 13 heavy (non-hydrogen) atoms. The number of para-hydroxylation sites is 1. The fraction of sp³-hybridized carbons (Fsp3) is 0.300. The Kier molecular flexibility index (Phi) is 1.82. The van der Waals surface area contributed by atoms with Crippen molar-refractivity contribution in [2.24, 2.45) is 0 Å². The van der Waals surface area contributed by atoms with E-state index in [0.717, 1.165) is 18.8 Å². The van der Waals surface area contributed by atoms with Gasteiger partial charge in [0.05, 0.1) is 16.9 Å². The lowest BCUT2D eigenvalue weighted by Gasteiger charge is -2.34. The third-order valence-electron chi connectivity index (χ3n) is 2.40. The summed E-state index contributed by atoms with van der Waals surface area (Å²) in [6, 6.07) is 7.68. The molecule has 1 aliphatic rings. The number of rotatable bonds is 1. The first kappa shape index (κ1) is 7.93. The molecule has 1 saturated heterocycles. The molecule has 0 aliphatic carbocycles. The van der Waals surface area contributed by atoms with Crippen LogP contribution in [0.5, 0.6) is 0 Å². The minimum Gasteiger partial charge on any atom is -0.396 e. The van der Waals surface area contributed by atoms with E-state index in [1.807, 2.05) is 12.1 Å². The highest BCUT2D eigenvalue weighted by Crippen LogP contribution is 2.29. The van der Waals surface area contributed by atoms with Crippen LogP contribution < -0.4 is 10.6 Å². The zero-order valence-corrected chi connectivity index (χ0v) is 7.33. The molecule has 1 aromatic carbocycles. The van der Waals surface area contributed by atoms with E-state index in [1.54, 1.807) is 6.07 Å². The van der Waals surface area contributed by atoms with Crippen molar-refractivity contribution in [3.63, 3.8) is 0 Å². The second-order valence-electron chi connectivity index (χ2n) is 3.19. The second kappa shape index (κ2) is 2.98. The summed E-state index contributed by atoms with van der Waals surface area (Å²) < 4.78 is 0. The van der Waals surface area contributed by atoms with Gasteiger partial charge in [0.25, 0.3) is 0 Å². The minimum absolute atomic E-state index is 0.574. The van der Waals surface area contributed by atoms with Crippen LogP contribution in [-0.2, 0) is 0 Å². The number of nitrogen functional groups attached to an aromatic ring is 1. The molecular formula is C10H11N3. The molecule has 66 valence electrons. The smallest absolute Gasteiger partial charge is 0.101 e. The fourth-order valence-corrected chi connectivity index (χ4v) is 1.48. The summed E-state index contributed by atoms with van der Waals surface area (Å²) in [4.78, 5) is 2.19. The van der Waals surface area contributed by atoms with E-state index in [4.69, 9.17) is 11.0 Å². The molecule has 0 spiro atoms. The third kappa shape index (κ3) is 1.20. The Labute approximate surface area is 77.4 Å². The van der Waals surface area contributed by atoms with E-state index in [-0.39, 0.29) is 0 Å². The van der Waals surface area contributed by atoms with Crippen molar-refractivity contribution in [1.29, 1.82) is 5.26 Å². The van der Waals surface area contributed by atoms with E-state index in [1.165, 1.54) is 6.42 Å². The molecule has 0 radical (unpaired) electrons. The lowest BCUT2D eigenvalue weighted by molar-refractivity contribution is 0.618. The SMILES string of the molecule is N#Cc1cccc(N2CCC2)c1N. The molecule has 0 amide bonds. The first-order valence-electron chi connectivity index (χ1n) is 4.36. The van der Waals surface area contributed by atoms with E-state index < -0.39 is 0 Å². The van der Waals surface area contributed by atoms with Crippen LogP contribution in [0.3, 0.4) is 0 Å². The molecule has 3 heteroatoms. The van der Waals surface area contributed by atoms with Crippen molar-refractivity contribution in [2.75, 3.05) is 23.7 Å². The summed E-state index contributed by atoms with van der Waals surface area (Å²) in [5.74, 6) is 0. The zero-order valence-electron chi connectivity index (χ0n) is 7.33. The monoisotopic (exact) mass is 173 g/mol. The van der Waals surface area contributed by atoms with Crippen molar-refractivity contribution < 1.29 is 0 Å². The fourth-order valence-electron chi connectivity index (χ4n) is 1.48. The predicted molar refractivity (Wildman–Crippen MR) is 52.4 cm³/mol. The van der Waals surface area contributed by atoms with Crippen LogP contribution in [0.2, 0.25) is 0 Å². The van der Waals surface area contributed by atoms with Crippen LogP contribution in [-0.4, -0.2) is 13.1 Å². The van der Waals surface area contributed by atoms with Gasteiger partial charge in [-0.3, -0.25) is 0 Å². The molecule has 0 aromatic heterocycles. The van der Waals surface area contributed by atoms with Gasteiger partial charge in [-0.25, -0.2) is 0 Å². The zero-order chi connectivity index (χ0) is 9.26. The lowest BCUT2D eigenvalue weighted by atomic mass is 10.1. The molecule has 3 nitrogen and oxygen atoms in total. The average Bonchev–Trinajstić information content (AvgIpc) is 2.05. The number of nitrogens with zero attached hydrogens (tertiary/aromatic N) is 2. The van der Waals surface area contributed by atoms with Gasteiger partial charge in [0, 0.05) is 13.1 Å². The molecular weight excluding hydrogens is 162 g/mol. The number of nitriles is 1. The lowest BCUT2D eigenvalue weighted by Crippen LogP contribution is -2.37. The Balaban J connectivity index is 2.40.